The molecule has 0 bridgehead atoms. The number of guanidine groups is 1. The Labute approximate surface area is 140 Å². The second-order valence-corrected chi connectivity index (χ2v) is 5.01. The summed E-state index contributed by atoms with van der Waals surface area (Å²) in [5, 5.41) is 6.30. The van der Waals surface area contributed by atoms with Crippen molar-refractivity contribution in [2.75, 3.05) is 26.8 Å². The molecule has 0 atom stereocenters. The molecule has 0 spiro atoms. The lowest BCUT2D eigenvalue weighted by Gasteiger charge is -2.13. The molecule has 8 heteroatoms. The molecule has 0 heterocycles. The van der Waals surface area contributed by atoms with Crippen LogP contribution in [0.25, 0.3) is 0 Å². The molecular formula is C16H24F3N3O2. The van der Waals surface area contributed by atoms with Crippen molar-refractivity contribution in [3.05, 3.63) is 23.8 Å². The largest absolute Gasteiger partial charge is 0.493 e. The quantitative estimate of drug-likeness (QED) is 0.560. The van der Waals surface area contributed by atoms with Crippen LogP contribution < -0.4 is 20.1 Å². The average Bonchev–Trinajstić information content (AvgIpc) is 2.55. The fourth-order valence-corrected chi connectivity index (χ4v) is 1.84. The van der Waals surface area contributed by atoms with Gasteiger partial charge in [-0.05, 0) is 31.0 Å². The molecule has 0 aliphatic rings. The lowest BCUT2D eigenvalue weighted by molar-refractivity contribution is -0.153. The molecule has 0 aliphatic heterocycles. The lowest BCUT2D eigenvalue weighted by atomic mass is 10.2. The molecular weight excluding hydrogens is 323 g/mol. The zero-order chi connectivity index (χ0) is 18.0. The van der Waals surface area contributed by atoms with Gasteiger partial charge in [0.2, 0.25) is 0 Å². The Morgan fingerprint density at radius 3 is 2.50 bits per heavy atom. The maximum absolute atomic E-state index is 12.2. The minimum Gasteiger partial charge on any atom is -0.493 e. The third-order valence-electron chi connectivity index (χ3n) is 2.93. The third kappa shape index (κ3) is 7.43. The number of aliphatic imine (C=N–C) groups is 1. The number of ether oxygens (including phenoxy) is 2. The fraction of sp³-hybridized carbons (Fsp3) is 0.562. The molecule has 1 aromatic rings. The first-order valence-corrected chi connectivity index (χ1v) is 7.78. The Morgan fingerprint density at radius 2 is 1.92 bits per heavy atom. The van der Waals surface area contributed by atoms with Crippen LogP contribution in [-0.4, -0.2) is 38.9 Å². The summed E-state index contributed by atoms with van der Waals surface area (Å²) in [4.78, 5) is 4.43. The highest BCUT2D eigenvalue weighted by Crippen LogP contribution is 2.30. The molecule has 0 unspecified atom stereocenters. The molecule has 0 saturated carbocycles. The highest BCUT2D eigenvalue weighted by Gasteiger charge is 2.29. The molecule has 0 amide bonds. The monoisotopic (exact) mass is 347 g/mol. The van der Waals surface area contributed by atoms with Crippen molar-refractivity contribution in [2.24, 2.45) is 4.99 Å². The molecule has 1 aromatic carbocycles. The fourth-order valence-electron chi connectivity index (χ4n) is 1.84. The van der Waals surface area contributed by atoms with E-state index < -0.39 is 12.8 Å². The Morgan fingerprint density at radius 1 is 1.17 bits per heavy atom. The summed E-state index contributed by atoms with van der Waals surface area (Å²) < 4.78 is 46.6. The van der Waals surface area contributed by atoms with Crippen molar-refractivity contribution in [1.82, 2.24) is 10.6 Å². The summed E-state index contributed by atoms with van der Waals surface area (Å²) in [5.74, 6) is 0.993. The van der Waals surface area contributed by atoms with Gasteiger partial charge in [-0.1, -0.05) is 13.0 Å². The average molecular weight is 347 g/mol. The number of benzene rings is 1. The van der Waals surface area contributed by atoms with Gasteiger partial charge in [0.05, 0.1) is 13.7 Å². The molecule has 0 aromatic heterocycles. The maximum Gasteiger partial charge on any atom is 0.422 e. The Bertz CT molecular complexity index is 534. The smallest absolute Gasteiger partial charge is 0.422 e. The predicted octanol–water partition coefficient (Wildman–Crippen LogP) is 3.10. The number of rotatable bonds is 8. The number of hydrogen-bond donors (Lipinski definition) is 2. The zero-order valence-corrected chi connectivity index (χ0v) is 14.2. The number of alkyl halides is 3. The van der Waals surface area contributed by atoms with Gasteiger partial charge in [0.15, 0.2) is 24.1 Å². The van der Waals surface area contributed by atoms with Crippen molar-refractivity contribution < 1.29 is 22.6 Å². The summed E-state index contributed by atoms with van der Waals surface area (Å²) >= 11 is 0. The summed E-state index contributed by atoms with van der Waals surface area (Å²) in [6.07, 6.45) is -3.41. The molecule has 0 fully saturated rings. The molecule has 136 valence electrons. The van der Waals surface area contributed by atoms with Crippen LogP contribution >= 0.6 is 0 Å². The third-order valence-corrected chi connectivity index (χ3v) is 2.93. The Kier molecular flexibility index (Phi) is 8.21. The zero-order valence-electron chi connectivity index (χ0n) is 14.2. The van der Waals surface area contributed by atoms with Gasteiger partial charge in [0.1, 0.15) is 0 Å². The molecule has 0 radical (unpaired) electrons. The van der Waals surface area contributed by atoms with Gasteiger partial charge in [0.25, 0.3) is 0 Å². The highest BCUT2D eigenvalue weighted by molar-refractivity contribution is 5.79. The van der Waals surface area contributed by atoms with E-state index in [1.54, 1.807) is 12.1 Å². The van der Waals surface area contributed by atoms with Gasteiger partial charge in [-0.3, -0.25) is 0 Å². The second-order valence-electron chi connectivity index (χ2n) is 5.01. The standard InChI is InChI=1S/C16H24F3N3O2/c1-4-8-21-15(20-5-2)22-10-12-6-7-13(14(9-12)23-3)24-11-16(17,18)19/h6-7,9H,4-5,8,10-11H2,1-3H3,(H2,20,21,22). The Hall–Kier alpha value is -2.12. The van der Waals surface area contributed by atoms with Gasteiger partial charge in [-0.15, -0.1) is 0 Å². The van der Waals surface area contributed by atoms with Crippen molar-refractivity contribution in [3.63, 3.8) is 0 Å². The van der Waals surface area contributed by atoms with Gasteiger partial charge in [-0.2, -0.15) is 13.2 Å². The van der Waals surface area contributed by atoms with E-state index in [4.69, 9.17) is 9.47 Å². The number of hydrogen-bond acceptors (Lipinski definition) is 3. The van der Waals surface area contributed by atoms with Crippen LogP contribution in [0.5, 0.6) is 11.5 Å². The predicted molar refractivity (Wildman–Crippen MR) is 87.7 cm³/mol. The lowest BCUT2D eigenvalue weighted by Crippen LogP contribution is -2.37. The number of halogens is 3. The van der Waals surface area contributed by atoms with Gasteiger partial charge in [0, 0.05) is 13.1 Å². The van der Waals surface area contributed by atoms with E-state index in [0.29, 0.717) is 12.5 Å². The SMILES string of the molecule is CCCNC(=NCc1ccc(OCC(F)(F)F)c(OC)c1)NCC. The first-order chi connectivity index (χ1) is 11.4. The van der Waals surface area contributed by atoms with Gasteiger partial charge < -0.3 is 20.1 Å². The van der Waals surface area contributed by atoms with Gasteiger partial charge >= 0.3 is 6.18 Å². The van der Waals surface area contributed by atoms with E-state index in [0.717, 1.165) is 25.1 Å². The first kappa shape index (κ1) is 19.9. The molecule has 1 rings (SSSR count). The first-order valence-electron chi connectivity index (χ1n) is 7.78. The molecule has 2 N–H and O–H groups in total. The van der Waals surface area contributed by atoms with Crippen LogP contribution in [0.2, 0.25) is 0 Å². The minimum absolute atomic E-state index is 0.0542. The molecule has 0 aliphatic carbocycles. The molecule has 5 nitrogen and oxygen atoms in total. The number of methoxy groups -OCH3 is 1. The summed E-state index contributed by atoms with van der Waals surface area (Å²) in [6, 6.07) is 4.75. The van der Waals surface area contributed by atoms with Crippen LogP contribution in [-0.2, 0) is 6.54 Å². The van der Waals surface area contributed by atoms with Crippen LogP contribution in [0.15, 0.2) is 23.2 Å². The van der Waals surface area contributed by atoms with Crippen molar-refractivity contribution in [3.8, 4) is 11.5 Å². The van der Waals surface area contributed by atoms with Crippen LogP contribution in [0, 0.1) is 0 Å². The Balaban J connectivity index is 2.78. The summed E-state index contributed by atoms with van der Waals surface area (Å²) in [6.45, 7) is 4.59. The maximum atomic E-state index is 12.2. The normalized spacial score (nSPS) is 12.0. The van der Waals surface area contributed by atoms with E-state index in [-0.39, 0.29) is 11.5 Å². The van der Waals surface area contributed by atoms with Crippen molar-refractivity contribution in [1.29, 1.82) is 0 Å². The van der Waals surface area contributed by atoms with E-state index in [1.165, 1.54) is 13.2 Å². The number of nitrogens with one attached hydrogen (secondary N) is 2. The van der Waals surface area contributed by atoms with Crippen molar-refractivity contribution >= 4 is 5.96 Å². The van der Waals surface area contributed by atoms with Crippen molar-refractivity contribution in [2.45, 2.75) is 33.0 Å². The highest BCUT2D eigenvalue weighted by atomic mass is 19.4. The number of nitrogens with zero attached hydrogens (tertiary/aromatic N) is 1. The second kappa shape index (κ2) is 9.89. The molecule has 0 saturated heterocycles. The van der Waals surface area contributed by atoms with Crippen LogP contribution in [0.4, 0.5) is 13.2 Å². The van der Waals surface area contributed by atoms with Crippen LogP contribution in [0.1, 0.15) is 25.8 Å². The van der Waals surface area contributed by atoms with Gasteiger partial charge in [-0.25, -0.2) is 4.99 Å². The summed E-state index contributed by atoms with van der Waals surface area (Å²) in [7, 11) is 1.38. The van der Waals surface area contributed by atoms with E-state index >= 15 is 0 Å². The molecule has 24 heavy (non-hydrogen) atoms. The summed E-state index contributed by atoms with van der Waals surface area (Å²) in [5.41, 5.74) is 0.805. The van der Waals surface area contributed by atoms with E-state index in [2.05, 4.69) is 22.5 Å². The van der Waals surface area contributed by atoms with E-state index in [9.17, 15) is 13.2 Å². The topological polar surface area (TPSA) is 54.9 Å². The van der Waals surface area contributed by atoms with Crippen LogP contribution in [0.3, 0.4) is 0 Å². The van der Waals surface area contributed by atoms with E-state index in [1.807, 2.05) is 6.92 Å². The minimum atomic E-state index is -4.39.